The van der Waals surface area contributed by atoms with Crippen LogP contribution in [0.2, 0.25) is 0 Å². The second-order valence-electron chi connectivity index (χ2n) is 15.8. The molecule has 0 spiro atoms. The van der Waals surface area contributed by atoms with E-state index in [0.717, 1.165) is 69.2 Å². The average molecular weight is 919 g/mol. The van der Waals surface area contributed by atoms with E-state index >= 15 is 0 Å². The first kappa shape index (κ1) is 51.9. The number of nitriles is 4. The van der Waals surface area contributed by atoms with Crippen molar-refractivity contribution in [2.75, 3.05) is 43.4 Å². The molecule has 4 aliphatic rings. The zero-order valence-corrected chi connectivity index (χ0v) is 36.4. The molecule has 3 aliphatic carbocycles. The van der Waals surface area contributed by atoms with Crippen molar-refractivity contribution in [2.24, 2.45) is 0 Å². The third kappa shape index (κ3) is 13.6. The highest BCUT2D eigenvalue weighted by molar-refractivity contribution is 5.66. The summed E-state index contributed by atoms with van der Waals surface area (Å²) >= 11 is 0. The van der Waals surface area contributed by atoms with Crippen molar-refractivity contribution in [3.8, 4) is 24.3 Å². The second-order valence-corrected chi connectivity index (χ2v) is 15.8. The van der Waals surface area contributed by atoms with Crippen molar-refractivity contribution < 1.29 is 33.4 Å². The molecular weight excluding hydrogens is 868 g/mol. The SMILES string of the molecule is C.COC1CC(N2CCCc3ccc(C#N)cc32)C1.COC1CC(Nc2cc(C#N)ccc2[N+](=O)[O-])C1.COC1CC(Nc2cc(C#N)ccc2[N+](=O)[O-])C1.N#Cc1ccc([N+](=O)[O-])c(F)c1. The lowest BCUT2D eigenvalue weighted by Gasteiger charge is -2.45. The zero-order valence-electron chi connectivity index (χ0n) is 36.4. The van der Waals surface area contributed by atoms with Crippen LogP contribution in [0.4, 0.5) is 38.5 Å². The molecule has 1 heterocycles. The summed E-state index contributed by atoms with van der Waals surface area (Å²) in [6.07, 6.45) is 8.76. The molecule has 4 aromatic rings. The summed E-state index contributed by atoms with van der Waals surface area (Å²) in [5, 5.41) is 73.0. The summed E-state index contributed by atoms with van der Waals surface area (Å²) in [7, 11) is 5.10. The van der Waals surface area contributed by atoms with Gasteiger partial charge in [-0.15, -0.1) is 0 Å². The fourth-order valence-corrected chi connectivity index (χ4v) is 7.71. The number of aryl methyl sites for hydroxylation is 1. The Hall–Kier alpha value is -7.75. The normalized spacial score (nSPS) is 20.3. The van der Waals surface area contributed by atoms with Crippen LogP contribution in [0.5, 0.6) is 0 Å². The molecule has 0 amide bonds. The Morgan fingerprint density at radius 2 is 0.985 bits per heavy atom. The summed E-state index contributed by atoms with van der Waals surface area (Å²) in [5.74, 6) is -0.987. The molecule has 2 N–H and O–H groups in total. The highest BCUT2D eigenvalue weighted by Crippen LogP contribution is 2.37. The monoisotopic (exact) mass is 918 g/mol. The topological polar surface area (TPSA) is 280 Å². The van der Waals surface area contributed by atoms with E-state index in [1.165, 1.54) is 60.1 Å². The van der Waals surface area contributed by atoms with Gasteiger partial charge in [0.2, 0.25) is 5.82 Å². The van der Waals surface area contributed by atoms with Crippen molar-refractivity contribution >= 4 is 34.1 Å². The minimum absolute atomic E-state index is 0. The number of nitrogens with zero attached hydrogens (tertiary/aromatic N) is 8. The van der Waals surface area contributed by atoms with E-state index in [4.69, 9.17) is 35.3 Å². The maximum atomic E-state index is 12.7. The molecule has 0 saturated heterocycles. The molecule has 67 heavy (non-hydrogen) atoms. The van der Waals surface area contributed by atoms with Crippen molar-refractivity contribution in [3.05, 3.63) is 137 Å². The lowest BCUT2D eigenvalue weighted by Crippen LogP contribution is -2.49. The number of nitrogens with one attached hydrogen (secondary N) is 2. The summed E-state index contributed by atoms with van der Waals surface area (Å²) < 4.78 is 28.4. The van der Waals surface area contributed by atoms with E-state index in [9.17, 15) is 34.7 Å². The lowest BCUT2D eigenvalue weighted by molar-refractivity contribution is -0.387. The van der Waals surface area contributed by atoms with Gasteiger partial charge in [-0.3, -0.25) is 30.3 Å². The molecular formula is C47H51FN10O9. The summed E-state index contributed by atoms with van der Waals surface area (Å²) in [5.41, 5.74) is 4.50. The van der Waals surface area contributed by atoms with Crippen LogP contribution in [-0.2, 0) is 20.6 Å². The quantitative estimate of drug-likeness (QED) is 0.105. The molecule has 8 rings (SSSR count). The Kier molecular flexibility index (Phi) is 19.0. The molecule has 1 aliphatic heterocycles. The van der Waals surface area contributed by atoms with Crippen molar-refractivity contribution in [1.82, 2.24) is 0 Å². The van der Waals surface area contributed by atoms with Crippen molar-refractivity contribution in [2.45, 2.75) is 95.2 Å². The summed E-state index contributed by atoms with van der Waals surface area (Å²) in [6, 6.07) is 26.5. The third-order valence-corrected chi connectivity index (χ3v) is 11.7. The van der Waals surface area contributed by atoms with Gasteiger partial charge < -0.3 is 29.7 Å². The molecule has 0 aromatic heterocycles. The first-order valence-corrected chi connectivity index (χ1v) is 20.9. The highest BCUT2D eigenvalue weighted by Gasteiger charge is 2.36. The molecule has 3 fully saturated rings. The number of ether oxygens (including phenoxy) is 3. The smallest absolute Gasteiger partial charge is 0.304 e. The van der Waals surface area contributed by atoms with Crippen LogP contribution in [-0.4, -0.2) is 79.1 Å². The molecule has 0 atom stereocenters. The number of nitro benzene ring substituents is 3. The van der Waals surface area contributed by atoms with Gasteiger partial charge in [0.1, 0.15) is 11.4 Å². The van der Waals surface area contributed by atoms with E-state index in [1.54, 1.807) is 27.4 Å². The average Bonchev–Trinajstić information content (AvgIpc) is 3.28. The van der Waals surface area contributed by atoms with E-state index in [0.29, 0.717) is 34.6 Å². The highest BCUT2D eigenvalue weighted by atomic mass is 19.1. The van der Waals surface area contributed by atoms with Gasteiger partial charge in [-0.2, -0.15) is 25.4 Å². The third-order valence-electron chi connectivity index (χ3n) is 11.7. The molecule has 350 valence electrons. The van der Waals surface area contributed by atoms with Crippen molar-refractivity contribution in [1.29, 1.82) is 21.0 Å². The maximum Gasteiger partial charge on any atom is 0.304 e. The standard InChI is InChI=1S/C15H18N2O.2C12H13N3O3.C7H3FN2O2.CH4/c1-18-14-8-13(9-14)17-6-2-3-12-5-4-11(10-16)7-15(12)17;2*1-18-10-5-9(6-10)14-11-4-8(7-13)2-3-12(11)15(16)17;8-6-3-5(4-9)1-2-7(6)10(11)12;/h4-5,7,13-14H,2-3,6,8-9H2,1H3;2*2-4,9-10,14H,5-6H2,1H3;1-3H;1H4. The van der Waals surface area contributed by atoms with Gasteiger partial charge in [-0.05, 0) is 105 Å². The number of hydrogen-bond donors (Lipinski definition) is 2. The molecule has 0 unspecified atom stereocenters. The van der Waals surface area contributed by atoms with Crippen LogP contribution >= 0.6 is 0 Å². The Balaban J connectivity index is 0.000000196. The van der Waals surface area contributed by atoms with Crippen LogP contribution in [0.1, 0.15) is 80.2 Å². The van der Waals surface area contributed by atoms with E-state index in [-0.39, 0.29) is 48.7 Å². The predicted octanol–water partition coefficient (Wildman–Crippen LogP) is 8.84. The molecule has 19 nitrogen and oxygen atoms in total. The number of rotatable bonds is 11. The number of hydrogen-bond acceptors (Lipinski definition) is 16. The minimum Gasteiger partial charge on any atom is -0.381 e. The second kappa shape index (κ2) is 24.5. The number of fused-ring (bicyclic) bond motifs is 1. The number of nitro groups is 3. The molecule has 0 bridgehead atoms. The predicted molar refractivity (Wildman–Crippen MR) is 246 cm³/mol. The van der Waals surface area contributed by atoms with Gasteiger partial charge in [0, 0.05) is 69.9 Å². The van der Waals surface area contributed by atoms with Gasteiger partial charge in [-0.1, -0.05) is 13.5 Å². The summed E-state index contributed by atoms with van der Waals surface area (Å²) in [6.45, 7) is 1.11. The van der Waals surface area contributed by atoms with Crippen LogP contribution in [0, 0.1) is 81.5 Å². The van der Waals surface area contributed by atoms with E-state index < -0.39 is 26.3 Å². The van der Waals surface area contributed by atoms with Gasteiger partial charge in [0.25, 0.3) is 11.4 Å². The molecule has 20 heteroatoms. The van der Waals surface area contributed by atoms with Gasteiger partial charge >= 0.3 is 5.69 Å². The van der Waals surface area contributed by atoms with Crippen molar-refractivity contribution in [3.63, 3.8) is 0 Å². The van der Waals surface area contributed by atoms with Gasteiger partial charge in [0.05, 0.1) is 79.6 Å². The first-order chi connectivity index (χ1) is 31.7. The number of methoxy groups -OCH3 is 3. The van der Waals surface area contributed by atoms with Crippen LogP contribution in [0.3, 0.4) is 0 Å². The van der Waals surface area contributed by atoms with E-state index in [1.807, 2.05) is 18.2 Å². The summed E-state index contributed by atoms with van der Waals surface area (Å²) in [4.78, 5) is 32.6. The Morgan fingerprint density at radius 3 is 1.39 bits per heavy atom. The lowest BCUT2D eigenvalue weighted by atomic mass is 9.85. The van der Waals surface area contributed by atoms with Crippen LogP contribution in [0.25, 0.3) is 0 Å². The van der Waals surface area contributed by atoms with Gasteiger partial charge in [-0.25, -0.2) is 0 Å². The largest absolute Gasteiger partial charge is 0.381 e. The Morgan fingerprint density at radius 1 is 0.597 bits per heavy atom. The maximum absolute atomic E-state index is 12.7. The zero-order chi connectivity index (χ0) is 47.9. The number of halogens is 1. The molecule has 3 saturated carbocycles. The van der Waals surface area contributed by atoms with Gasteiger partial charge in [0.15, 0.2) is 0 Å². The number of benzene rings is 4. The fraction of sp³-hybridized carbons (Fsp3) is 0.404. The Bertz CT molecular complexity index is 2480. The first-order valence-electron chi connectivity index (χ1n) is 20.9. The van der Waals surface area contributed by atoms with Crippen LogP contribution in [0.15, 0.2) is 72.8 Å². The number of anilines is 3. The van der Waals surface area contributed by atoms with Crippen LogP contribution < -0.4 is 15.5 Å². The Labute approximate surface area is 387 Å². The molecule has 4 aromatic carbocycles. The van der Waals surface area contributed by atoms with E-state index in [2.05, 4.69) is 33.7 Å². The minimum atomic E-state index is -0.987. The molecule has 0 radical (unpaired) electrons. The fourth-order valence-electron chi connectivity index (χ4n) is 7.71.